The van der Waals surface area contributed by atoms with E-state index in [9.17, 15) is 19.4 Å². The molecule has 1 unspecified atom stereocenters. The maximum atomic E-state index is 13.1. The molecule has 0 amide bonds. The lowest BCUT2D eigenvalue weighted by atomic mass is 9.99. The van der Waals surface area contributed by atoms with Crippen molar-refractivity contribution in [1.29, 1.82) is 0 Å². The zero-order chi connectivity index (χ0) is 28.9. The van der Waals surface area contributed by atoms with Gasteiger partial charge in [-0.1, -0.05) is 0 Å². The quantitative estimate of drug-likeness (QED) is 0.124. The molecule has 0 aliphatic carbocycles. The van der Waals surface area contributed by atoms with Crippen molar-refractivity contribution in [2.45, 2.75) is 43.6 Å². The number of hydrogen-bond donors (Lipinski definition) is 6. The molecule has 220 valence electrons. The molecule has 2 saturated heterocycles. The molecule has 19 nitrogen and oxygen atoms in total. The SMILES string of the molecule is NC[C@H]1[C@@H](OP(=O)(O)OC[C@@H]2CC[C@H](n3cnc4c(N)ncnc43)O2)[C@H](n2cnc3c(=O)[nH]c(N)nc32)O[C@@H]1CO. The van der Waals surface area contributed by atoms with Gasteiger partial charge in [0.2, 0.25) is 5.95 Å². The minimum atomic E-state index is -4.73. The number of nitrogens with zero attached hydrogens (tertiary/aromatic N) is 7. The summed E-state index contributed by atoms with van der Waals surface area (Å²) in [7, 11) is -4.73. The smallest absolute Gasteiger partial charge is 0.394 e. The molecule has 0 saturated carbocycles. The molecule has 0 radical (unpaired) electrons. The van der Waals surface area contributed by atoms with Gasteiger partial charge in [0, 0.05) is 12.5 Å². The molecule has 9 N–H and O–H groups in total. The number of nitrogens with one attached hydrogen (secondary N) is 1. The van der Waals surface area contributed by atoms with Crippen LogP contribution in [0, 0.1) is 5.92 Å². The average Bonchev–Trinajstić information content (AvgIpc) is 3.72. The predicted octanol–water partition coefficient (Wildman–Crippen LogP) is -1.23. The second kappa shape index (κ2) is 10.7. The minimum absolute atomic E-state index is 0.0329. The van der Waals surface area contributed by atoms with E-state index in [2.05, 4.69) is 29.9 Å². The van der Waals surface area contributed by atoms with Crippen LogP contribution in [0.3, 0.4) is 0 Å². The predicted molar refractivity (Wildman–Crippen MR) is 140 cm³/mol. The van der Waals surface area contributed by atoms with E-state index >= 15 is 0 Å². The number of nitrogens with two attached hydrogens (primary N) is 3. The molecule has 2 fully saturated rings. The highest BCUT2D eigenvalue weighted by atomic mass is 31.2. The first kappa shape index (κ1) is 27.6. The molecule has 41 heavy (non-hydrogen) atoms. The number of rotatable bonds is 9. The third-order valence-corrected chi connectivity index (χ3v) is 8.12. The van der Waals surface area contributed by atoms with E-state index in [1.165, 1.54) is 17.2 Å². The molecule has 20 heteroatoms. The second-order valence-electron chi connectivity index (χ2n) is 9.63. The highest BCUT2D eigenvalue weighted by Gasteiger charge is 2.49. The number of aliphatic hydroxyl groups is 1. The standard InChI is InChI=1S/C21H28N11O8P/c22-3-10-11(4-33)39-20(32-8-28-14-18(32)29-21(24)30-19(14)34)15(10)40-41(35,36)37-5-9-1-2-12(38-9)31-7-27-13-16(23)25-6-26-17(13)31/h6-12,15,20,33H,1-5,22H2,(H,35,36)(H2,23,25,26)(H3,24,29,30,34)/t9-,10+,11+,12+,15+,20+/m0/s1. The van der Waals surface area contributed by atoms with Crippen LogP contribution >= 0.6 is 7.82 Å². The molecule has 2 aliphatic rings. The number of ether oxygens (including phenoxy) is 2. The first-order chi connectivity index (χ1) is 19.7. The topological polar surface area (TPSA) is 280 Å². The molecular formula is C21H28N11O8P. The van der Waals surface area contributed by atoms with Crippen molar-refractivity contribution in [2.24, 2.45) is 11.7 Å². The lowest BCUT2D eigenvalue weighted by Crippen LogP contribution is -2.35. The number of fused-ring (bicyclic) bond motifs is 2. The Bertz CT molecular complexity index is 1680. The largest absolute Gasteiger partial charge is 0.472 e. The fourth-order valence-electron chi connectivity index (χ4n) is 5.18. The van der Waals surface area contributed by atoms with Crippen LogP contribution in [-0.2, 0) is 23.1 Å². The molecule has 0 spiro atoms. The van der Waals surface area contributed by atoms with Crippen molar-refractivity contribution in [3.8, 4) is 0 Å². The number of imidazole rings is 2. The number of H-pyrrole nitrogens is 1. The van der Waals surface area contributed by atoms with Gasteiger partial charge in [-0.05, 0) is 12.8 Å². The number of phosphoric acid groups is 1. The van der Waals surface area contributed by atoms with E-state index in [1.807, 2.05) is 0 Å². The van der Waals surface area contributed by atoms with Gasteiger partial charge in [0.05, 0.1) is 38.1 Å². The Labute approximate surface area is 230 Å². The number of aromatic amines is 1. The van der Waals surface area contributed by atoms with Crippen LogP contribution in [0.2, 0.25) is 0 Å². The number of phosphoric ester groups is 1. The fraction of sp³-hybridized carbons (Fsp3) is 0.524. The second-order valence-corrected chi connectivity index (χ2v) is 11.0. The van der Waals surface area contributed by atoms with Crippen molar-refractivity contribution >= 4 is 41.9 Å². The number of aromatic nitrogens is 8. The van der Waals surface area contributed by atoms with Gasteiger partial charge >= 0.3 is 7.82 Å². The summed E-state index contributed by atoms with van der Waals surface area (Å²) in [4.78, 5) is 45.8. The Morgan fingerprint density at radius 3 is 2.66 bits per heavy atom. The summed E-state index contributed by atoms with van der Waals surface area (Å²) in [6.45, 7) is -0.769. The van der Waals surface area contributed by atoms with Gasteiger partial charge in [-0.15, -0.1) is 0 Å². The van der Waals surface area contributed by atoms with Crippen LogP contribution < -0.4 is 22.8 Å². The Kier molecular flexibility index (Phi) is 7.20. The van der Waals surface area contributed by atoms with Crippen molar-refractivity contribution in [1.82, 2.24) is 39.0 Å². The van der Waals surface area contributed by atoms with Gasteiger partial charge in [-0.2, -0.15) is 4.98 Å². The van der Waals surface area contributed by atoms with Gasteiger partial charge in [0.15, 0.2) is 28.9 Å². The van der Waals surface area contributed by atoms with Crippen LogP contribution in [0.5, 0.6) is 0 Å². The van der Waals surface area contributed by atoms with Crippen LogP contribution in [0.1, 0.15) is 25.3 Å². The summed E-state index contributed by atoms with van der Waals surface area (Å²) >= 11 is 0. The van der Waals surface area contributed by atoms with Crippen LogP contribution in [0.15, 0.2) is 23.8 Å². The monoisotopic (exact) mass is 593 g/mol. The first-order valence-corrected chi connectivity index (χ1v) is 14.1. The summed E-state index contributed by atoms with van der Waals surface area (Å²) in [5.41, 5.74) is 17.9. The van der Waals surface area contributed by atoms with Gasteiger partial charge in [-0.3, -0.25) is 28.0 Å². The van der Waals surface area contributed by atoms with E-state index in [4.69, 9.17) is 35.7 Å². The zero-order valence-corrected chi connectivity index (χ0v) is 22.3. The number of hydrogen-bond acceptors (Lipinski definition) is 15. The molecule has 7 atom stereocenters. The molecule has 0 bridgehead atoms. The third-order valence-electron chi connectivity index (χ3n) is 7.13. The summed E-state index contributed by atoms with van der Waals surface area (Å²) in [6, 6.07) is 0. The maximum absolute atomic E-state index is 13.1. The van der Waals surface area contributed by atoms with E-state index in [0.29, 0.717) is 24.0 Å². The fourth-order valence-corrected chi connectivity index (χ4v) is 6.17. The van der Waals surface area contributed by atoms with Crippen molar-refractivity contribution in [3.63, 3.8) is 0 Å². The first-order valence-electron chi connectivity index (χ1n) is 12.6. The zero-order valence-electron chi connectivity index (χ0n) is 21.4. The molecular weight excluding hydrogens is 565 g/mol. The third kappa shape index (κ3) is 5.06. The van der Waals surface area contributed by atoms with E-state index in [-0.39, 0.29) is 36.1 Å². The summed E-state index contributed by atoms with van der Waals surface area (Å²) in [5, 5.41) is 9.88. The molecule has 4 aromatic heterocycles. The Morgan fingerprint density at radius 1 is 1.10 bits per heavy atom. The number of aliphatic hydroxyl groups excluding tert-OH is 1. The van der Waals surface area contributed by atoms with Gasteiger partial charge in [-0.25, -0.2) is 24.5 Å². The van der Waals surface area contributed by atoms with Gasteiger partial charge < -0.3 is 36.7 Å². The summed E-state index contributed by atoms with van der Waals surface area (Å²) in [6.07, 6.45) is 1.05. The Hall–Kier alpha value is -3.55. The minimum Gasteiger partial charge on any atom is -0.394 e. The van der Waals surface area contributed by atoms with Crippen molar-refractivity contribution in [2.75, 3.05) is 31.2 Å². The van der Waals surface area contributed by atoms with E-state index < -0.39 is 56.7 Å². The maximum Gasteiger partial charge on any atom is 0.472 e. The molecule has 4 aromatic rings. The average molecular weight is 593 g/mol. The van der Waals surface area contributed by atoms with Crippen molar-refractivity contribution in [3.05, 3.63) is 29.3 Å². The van der Waals surface area contributed by atoms with E-state index in [1.54, 1.807) is 10.9 Å². The van der Waals surface area contributed by atoms with Gasteiger partial charge in [0.25, 0.3) is 5.56 Å². The molecule has 6 heterocycles. The Balaban J connectivity index is 1.17. The van der Waals surface area contributed by atoms with Crippen LogP contribution in [-0.4, -0.2) is 87.1 Å². The summed E-state index contributed by atoms with van der Waals surface area (Å²) in [5.74, 6) is -0.644. The number of nitrogen functional groups attached to an aromatic ring is 2. The van der Waals surface area contributed by atoms with Crippen LogP contribution in [0.4, 0.5) is 11.8 Å². The highest BCUT2D eigenvalue weighted by molar-refractivity contribution is 7.47. The number of anilines is 2. The Morgan fingerprint density at radius 2 is 1.88 bits per heavy atom. The molecule has 0 aromatic carbocycles. The van der Waals surface area contributed by atoms with Crippen molar-refractivity contribution < 1.29 is 33.1 Å². The molecule has 2 aliphatic heterocycles. The van der Waals surface area contributed by atoms with E-state index in [0.717, 1.165) is 0 Å². The lowest BCUT2D eigenvalue weighted by Gasteiger charge is -2.26. The summed E-state index contributed by atoms with van der Waals surface area (Å²) < 4.78 is 39.0. The highest BCUT2D eigenvalue weighted by Crippen LogP contribution is 2.51. The van der Waals surface area contributed by atoms with Crippen LogP contribution in [0.25, 0.3) is 22.3 Å². The normalized spacial score (nSPS) is 28.1. The molecule has 6 rings (SSSR count). The lowest BCUT2D eigenvalue weighted by molar-refractivity contribution is -0.0537. The van der Waals surface area contributed by atoms with Gasteiger partial charge in [0.1, 0.15) is 24.2 Å².